The molecule has 0 spiro atoms. The van der Waals surface area contributed by atoms with Crippen LogP contribution < -0.4 is 15.4 Å². The van der Waals surface area contributed by atoms with Crippen LogP contribution in [0.25, 0.3) is 11.3 Å². The van der Waals surface area contributed by atoms with Gasteiger partial charge in [-0.05, 0) is 49.1 Å². The number of carbonyl (C=O) groups is 2. The number of ether oxygens (including phenoxy) is 1. The van der Waals surface area contributed by atoms with Crippen molar-refractivity contribution in [3.63, 3.8) is 0 Å². The molecule has 3 aromatic rings. The maximum Gasteiger partial charge on any atom is 0.258 e. The molecule has 1 heterocycles. The van der Waals surface area contributed by atoms with Crippen LogP contribution in [0.2, 0.25) is 0 Å². The van der Waals surface area contributed by atoms with Crippen molar-refractivity contribution in [3.8, 4) is 17.1 Å². The summed E-state index contributed by atoms with van der Waals surface area (Å²) in [6.45, 7) is 0.602. The number of benzene rings is 2. The van der Waals surface area contributed by atoms with Gasteiger partial charge in [-0.3, -0.25) is 9.59 Å². The average Bonchev–Trinajstić information content (AvgIpc) is 3.50. The highest BCUT2D eigenvalue weighted by Gasteiger charge is 2.23. The number of aryl methyl sites for hydroxylation is 1. The van der Waals surface area contributed by atoms with Crippen LogP contribution >= 0.6 is 0 Å². The maximum atomic E-state index is 12.2. The number of nitrogens with one attached hydrogen (secondary N) is 2. The Morgan fingerprint density at radius 1 is 0.906 bits per heavy atom. The Morgan fingerprint density at radius 2 is 1.69 bits per heavy atom. The lowest BCUT2D eigenvalue weighted by molar-refractivity contribution is -0.123. The minimum Gasteiger partial charge on any atom is -0.484 e. The van der Waals surface area contributed by atoms with Gasteiger partial charge in [0.25, 0.3) is 5.91 Å². The van der Waals surface area contributed by atoms with E-state index in [4.69, 9.17) is 9.15 Å². The lowest BCUT2D eigenvalue weighted by Crippen LogP contribution is -2.30. The molecule has 0 atom stereocenters. The van der Waals surface area contributed by atoms with Crippen molar-refractivity contribution < 1.29 is 18.7 Å². The van der Waals surface area contributed by atoms with E-state index in [-0.39, 0.29) is 18.4 Å². The van der Waals surface area contributed by atoms with Gasteiger partial charge in [0.2, 0.25) is 5.91 Å². The van der Waals surface area contributed by atoms with Crippen LogP contribution in [0.15, 0.2) is 71.1 Å². The second kappa shape index (κ2) is 10.7. The molecule has 0 bridgehead atoms. The molecule has 1 aliphatic rings. The van der Waals surface area contributed by atoms with Crippen molar-refractivity contribution in [1.29, 1.82) is 0 Å². The van der Waals surface area contributed by atoms with Gasteiger partial charge in [-0.2, -0.15) is 0 Å². The van der Waals surface area contributed by atoms with Gasteiger partial charge in [-0.1, -0.05) is 42.5 Å². The van der Waals surface area contributed by atoms with Crippen molar-refractivity contribution in [2.24, 2.45) is 0 Å². The first-order valence-electron chi connectivity index (χ1n) is 11.1. The number of furan rings is 1. The van der Waals surface area contributed by atoms with E-state index in [2.05, 4.69) is 10.6 Å². The van der Waals surface area contributed by atoms with E-state index in [1.807, 2.05) is 66.7 Å². The summed E-state index contributed by atoms with van der Waals surface area (Å²) in [5, 5.41) is 5.85. The van der Waals surface area contributed by atoms with E-state index in [0.29, 0.717) is 31.2 Å². The molecule has 1 saturated carbocycles. The highest BCUT2D eigenvalue weighted by molar-refractivity contribution is 5.78. The zero-order chi connectivity index (χ0) is 22.2. The second-order valence-corrected chi connectivity index (χ2v) is 8.01. The molecule has 2 aromatic carbocycles. The van der Waals surface area contributed by atoms with Crippen LogP contribution in [-0.4, -0.2) is 31.0 Å². The normalized spacial score (nSPS) is 12.9. The first-order valence-corrected chi connectivity index (χ1v) is 11.1. The lowest BCUT2D eigenvalue weighted by Gasteiger charge is -2.08. The maximum absolute atomic E-state index is 12.2. The quantitative estimate of drug-likeness (QED) is 0.482. The Balaban J connectivity index is 1.13. The van der Waals surface area contributed by atoms with Gasteiger partial charge in [0.1, 0.15) is 17.3 Å². The van der Waals surface area contributed by atoms with Crippen LogP contribution in [-0.2, 0) is 22.4 Å². The molecule has 0 aliphatic heterocycles. The molecule has 1 fully saturated rings. The zero-order valence-electron chi connectivity index (χ0n) is 18.0. The van der Waals surface area contributed by atoms with Crippen LogP contribution in [0, 0.1) is 0 Å². The Hall–Kier alpha value is -3.54. The van der Waals surface area contributed by atoms with Crippen molar-refractivity contribution in [1.82, 2.24) is 10.6 Å². The molecular formula is C26H28N2O4. The minimum absolute atomic E-state index is 0.00397. The van der Waals surface area contributed by atoms with Gasteiger partial charge < -0.3 is 19.8 Å². The van der Waals surface area contributed by atoms with E-state index in [9.17, 15) is 9.59 Å². The summed E-state index contributed by atoms with van der Waals surface area (Å²) in [5.41, 5.74) is 2.12. The summed E-state index contributed by atoms with van der Waals surface area (Å²) in [6.07, 6.45) is 3.81. The third-order valence-corrected chi connectivity index (χ3v) is 5.29. The molecular weight excluding hydrogens is 404 g/mol. The van der Waals surface area contributed by atoms with Crippen LogP contribution in [0.5, 0.6) is 5.75 Å². The lowest BCUT2D eigenvalue weighted by atomic mass is 10.1. The predicted octanol–water partition coefficient (Wildman–Crippen LogP) is 3.90. The van der Waals surface area contributed by atoms with Gasteiger partial charge in [-0.15, -0.1) is 0 Å². The largest absolute Gasteiger partial charge is 0.484 e. The van der Waals surface area contributed by atoms with Crippen molar-refractivity contribution in [3.05, 3.63) is 78.1 Å². The summed E-state index contributed by atoms with van der Waals surface area (Å²) < 4.78 is 11.4. The fourth-order valence-electron chi connectivity index (χ4n) is 3.34. The number of rotatable bonds is 11. The molecule has 166 valence electrons. The van der Waals surface area contributed by atoms with Gasteiger partial charge in [0.05, 0.1) is 0 Å². The van der Waals surface area contributed by atoms with Crippen LogP contribution in [0.1, 0.15) is 30.6 Å². The number of amides is 2. The number of carbonyl (C=O) groups excluding carboxylic acids is 2. The SMILES string of the molecule is O=C(CCc1ccc(-c2ccccc2)o1)NCCc1ccc(OCC(=O)NC2CC2)cc1. The fraction of sp³-hybridized carbons (Fsp3) is 0.308. The molecule has 1 aliphatic carbocycles. The average molecular weight is 433 g/mol. The second-order valence-electron chi connectivity index (χ2n) is 8.01. The fourth-order valence-corrected chi connectivity index (χ4v) is 3.34. The van der Waals surface area contributed by atoms with Crippen LogP contribution in [0.4, 0.5) is 0 Å². The molecule has 1 aromatic heterocycles. The highest BCUT2D eigenvalue weighted by atomic mass is 16.5. The Labute approximate surface area is 188 Å². The molecule has 0 radical (unpaired) electrons. The topological polar surface area (TPSA) is 80.6 Å². The van der Waals surface area contributed by atoms with E-state index in [0.717, 1.165) is 41.9 Å². The Morgan fingerprint density at radius 3 is 2.44 bits per heavy atom. The third-order valence-electron chi connectivity index (χ3n) is 5.29. The Bertz CT molecular complexity index is 1020. The minimum atomic E-state index is -0.0786. The first kappa shape index (κ1) is 21.7. The van der Waals surface area contributed by atoms with Gasteiger partial charge >= 0.3 is 0 Å². The van der Waals surface area contributed by atoms with Gasteiger partial charge in [0, 0.05) is 31.0 Å². The molecule has 6 heteroatoms. The first-order chi connectivity index (χ1) is 15.7. The standard InChI is InChI=1S/C26H28N2O4/c29-25(15-13-23-12-14-24(32-23)20-4-2-1-3-5-20)27-17-16-19-6-10-22(11-7-19)31-18-26(30)28-21-8-9-21/h1-7,10-12,14,21H,8-9,13,15-18H2,(H,27,29)(H,28,30). The third kappa shape index (κ3) is 6.74. The summed E-state index contributed by atoms with van der Waals surface area (Å²) in [6, 6.07) is 21.7. The van der Waals surface area contributed by atoms with Gasteiger partial charge in [-0.25, -0.2) is 0 Å². The molecule has 6 nitrogen and oxygen atoms in total. The summed E-state index contributed by atoms with van der Waals surface area (Å²) in [4.78, 5) is 23.8. The smallest absolute Gasteiger partial charge is 0.258 e. The van der Waals surface area contributed by atoms with E-state index in [1.54, 1.807) is 0 Å². The van der Waals surface area contributed by atoms with Crippen molar-refractivity contribution in [2.45, 2.75) is 38.1 Å². The highest BCUT2D eigenvalue weighted by Crippen LogP contribution is 2.22. The molecule has 2 amide bonds. The van der Waals surface area contributed by atoms with E-state index >= 15 is 0 Å². The molecule has 2 N–H and O–H groups in total. The van der Waals surface area contributed by atoms with E-state index in [1.165, 1.54) is 0 Å². The summed E-state index contributed by atoms with van der Waals surface area (Å²) in [5.74, 6) is 2.21. The molecule has 32 heavy (non-hydrogen) atoms. The summed E-state index contributed by atoms with van der Waals surface area (Å²) in [7, 11) is 0. The molecule has 4 rings (SSSR count). The Kier molecular flexibility index (Phi) is 7.23. The number of hydrogen-bond acceptors (Lipinski definition) is 4. The van der Waals surface area contributed by atoms with Crippen molar-refractivity contribution in [2.75, 3.05) is 13.2 Å². The van der Waals surface area contributed by atoms with Crippen LogP contribution in [0.3, 0.4) is 0 Å². The monoisotopic (exact) mass is 432 g/mol. The molecule has 0 unspecified atom stereocenters. The van der Waals surface area contributed by atoms with E-state index < -0.39 is 0 Å². The van der Waals surface area contributed by atoms with Gasteiger partial charge in [0.15, 0.2) is 6.61 Å². The van der Waals surface area contributed by atoms with Crippen molar-refractivity contribution >= 4 is 11.8 Å². The molecule has 0 saturated heterocycles. The summed E-state index contributed by atoms with van der Waals surface area (Å²) >= 11 is 0. The predicted molar refractivity (Wildman–Crippen MR) is 122 cm³/mol. The zero-order valence-corrected chi connectivity index (χ0v) is 18.0. The number of hydrogen-bond donors (Lipinski definition) is 2.